The summed E-state index contributed by atoms with van der Waals surface area (Å²) < 4.78 is 1.02. The third-order valence-electron chi connectivity index (χ3n) is 1.34. The minimum absolute atomic E-state index is 0.0808. The minimum atomic E-state index is 0.0808. The molecule has 3 heteroatoms. The second-order valence-corrected chi connectivity index (χ2v) is 2.75. The van der Waals surface area contributed by atoms with Crippen molar-refractivity contribution in [1.29, 1.82) is 0 Å². The van der Waals surface area contributed by atoms with Crippen molar-refractivity contribution in [3.63, 3.8) is 0 Å². The Morgan fingerprint density at radius 1 is 1.78 bits per heavy atom. The van der Waals surface area contributed by atoms with E-state index in [2.05, 4.69) is 20.9 Å². The van der Waals surface area contributed by atoms with Gasteiger partial charge in [0.25, 0.3) is 0 Å². The van der Waals surface area contributed by atoms with Crippen LogP contribution in [-0.4, -0.2) is 10.1 Å². The van der Waals surface area contributed by atoms with E-state index in [0.29, 0.717) is 0 Å². The van der Waals surface area contributed by atoms with Crippen LogP contribution in [0.1, 0.15) is 11.3 Å². The molecule has 2 nitrogen and oxygen atoms in total. The molecule has 0 aliphatic carbocycles. The van der Waals surface area contributed by atoms with Gasteiger partial charge in [-0.3, -0.25) is 0 Å². The van der Waals surface area contributed by atoms with E-state index in [-0.39, 0.29) is 6.61 Å². The topological polar surface area (TPSA) is 36.0 Å². The molecule has 1 aromatic rings. The van der Waals surface area contributed by atoms with Crippen LogP contribution in [0.2, 0.25) is 0 Å². The number of halogens is 1. The molecule has 0 aromatic carbocycles. The lowest BCUT2D eigenvalue weighted by molar-refractivity contribution is 0.277. The summed E-state index contributed by atoms with van der Waals surface area (Å²) in [5, 5.41) is 8.68. The number of aromatic nitrogens is 1. The quantitative estimate of drug-likeness (QED) is 0.692. The Kier molecular flexibility index (Phi) is 1.93. The van der Waals surface area contributed by atoms with E-state index in [4.69, 9.17) is 5.11 Å². The van der Waals surface area contributed by atoms with Crippen LogP contribution in [0, 0.1) is 6.92 Å². The van der Waals surface area contributed by atoms with Crippen LogP contribution >= 0.6 is 15.9 Å². The Morgan fingerprint density at radius 2 is 2.44 bits per heavy atom. The molecule has 1 rings (SSSR count). The highest BCUT2D eigenvalue weighted by atomic mass is 79.9. The fraction of sp³-hybridized carbons (Fsp3) is 0.333. The standard InChI is InChI=1S/C6H8BrNO/c1-4-5(7)2-8-6(4)3-9/h2,8-9H,3H2,1H3. The van der Waals surface area contributed by atoms with Gasteiger partial charge in [0.05, 0.1) is 6.61 Å². The van der Waals surface area contributed by atoms with Crippen LogP contribution in [0.4, 0.5) is 0 Å². The third-order valence-corrected chi connectivity index (χ3v) is 2.17. The van der Waals surface area contributed by atoms with Crippen LogP contribution in [0.25, 0.3) is 0 Å². The van der Waals surface area contributed by atoms with Crippen molar-refractivity contribution in [2.75, 3.05) is 0 Å². The molecule has 0 fully saturated rings. The zero-order chi connectivity index (χ0) is 6.85. The van der Waals surface area contributed by atoms with Crippen molar-refractivity contribution in [3.05, 3.63) is 21.9 Å². The van der Waals surface area contributed by atoms with Gasteiger partial charge in [0.1, 0.15) is 0 Å². The Hall–Kier alpha value is -0.280. The number of aliphatic hydroxyl groups is 1. The summed E-state index contributed by atoms with van der Waals surface area (Å²) >= 11 is 3.31. The van der Waals surface area contributed by atoms with E-state index in [9.17, 15) is 0 Å². The van der Waals surface area contributed by atoms with Gasteiger partial charge in [0, 0.05) is 16.4 Å². The number of aromatic amines is 1. The number of hydrogen-bond acceptors (Lipinski definition) is 1. The summed E-state index contributed by atoms with van der Waals surface area (Å²) in [6.07, 6.45) is 1.82. The van der Waals surface area contributed by atoms with Crippen LogP contribution in [0.15, 0.2) is 10.7 Å². The lowest BCUT2D eigenvalue weighted by Gasteiger charge is -1.90. The lowest BCUT2D eigenvalue weighted by Crippen LogP contribution is -1.83. The first-order valence-electron chi connectivity index (χ1n) is 2.69. The van der Waals surface area contributed by atoms with E-state index < -0.39 is 0 Å². The number of H-pyrrole nitrogens is 1. The first-order chi connectivity index (χ1) is 4.25. The average Bonchev–Trinajstić information content (AvgIpc) is 2.15. The lowest BCUT2D eigenvalue weighted by atomic mass is 10.3. The van der Waals surface area contributed by atoms with Crippen molar-refractivity contribution in [3.8, 4) is 0 Å². The monoisotopic (exact) mass is 189 g/mol. The maximum absolute atomic E-state index is 8.68. The van der Waals surface area contributed by atoms with E-state index in [0.717, 1.165) is 15.7 Å². The molecule has 1 aromatic heterocycles. The van der Waals surface area contributed by atoms with Gasteiger partial charge in [-0.05, 0) is 28.4 Å². The first-order valence-corrected chi connectivity index (χ1v) is 3.48. The Morgan fingerprint density at radius 3 is 2.67 bits per heavy atom. The van der Waals surface area contributed by atoms with Gasteiger partial charge < -0.3 is 10.1 Å². The number of nitrogens with one attached hydrogen (secondary N) is 1. The minimum Gasteiger partial charge on any atom is -0.390 e. The fourth-order valence-corrected chi connectivity index (χ4v) is 1.03. The van der Waals surface area contributed by atoms with Crippen LogP contribution in [0.5, 0.6) is 0 Å². The number of rotatable bonds is 1. The predicted octanol–water partition coefficient (Wildman–Crippen LogP) is 1.58. The van der Waals surface area contributed by atoms with Gasteiger partial charge in [-0.15, -0.1) is 0 Å². The third kappa shape index (κ3) is 1.17. The van der Waals surface area contributed by atoms with Gasteiger partial charge in [-0.1, -0.05) is 0 Å². The van der Waals surface area contributed by atoms with Crippen LogP contribution < -0.4 is 0 Å². The average molecular weight is 190 g/mol. The van der Waals surface area contributed by atoms with E-state index in [1.54, 1.807) is 0 Å². The Labute approximate surface area is 62.0 Å². The van der Waals surface area contributed by atoms with Crippen LogP contribution in [-0.2, 0) is 6.61 Å². The number of hydrogen-bond donors (Lipinski definition) is 2. The fourth-order valence-electron chi connectivity index (χ4n) is 0.675. The van der Waals surface area contributed by atoms with E-state index in [1.807, 2.05) is 13.1 Å². The Balaban J connectivity index is 3.04. The molecule has 0 spiro atoms. The highest BCUT2D eigenvalue weighted by Crippen LogP contribution is 2.18. The molecule has 0 bridgehead atoms. The molecular formula is C6H8BrNO. The first kappa shape index (κ1) is 6.83. The smallest absolute Gasteiger partial charge is 0.0833 e. The molecule has 0 unspecified atom stereocenters. The summed E-state index contributed by atoms with van der Waals surface area (Å²) in [4.78, 5) is 2.93. The molecule has 0 radical (unpaired) electrons. The van der Waals surface area contributed by atoms with Gasteiger partial charge in [-0.2, -0.15) is 0 Å². The van der Waals surface area contributed by atoms with Crippen LogP contribution in [0.3, 0.4) is 0 Å². The van der Waals surface area contributed by atoms with Gasteiger partial charge >= 0.3 is 0 Å². The van der Waals surface area contributed by atoms with Crippen molar-refractivity contribution < 1.29 is 5.11 Å². The molecule has 0 saturated carbocycles. The molecule has 0 aliphatic rings. The highest BCUT2D eigenvalue weighted by Gasteiger charge is 2.00. The van der Waals surface area contributed by atoms with Gasteiger partial charge in [0.2, 0.25) is 0 Å². The molecule has 2 N–H and O–H groups in total. The molecule has 9 heavy (non-hydrogen) atoms. The van der Waals surface area contributed by atoms with Crippen molar-refractivity contribution in [2.45, 2.75) is 13.5 Å². The summed E-state index contributed by atoms with van der Waals surface area (Å²) in [7, 11) is 0. The second kappa shape index (κ2) is 2.54. The molecular weight excluding hydrogens is 182 g/mol. The zero-order valence-corrected chi connectivity index (χ0v) is 6.70. The molecule has 50 valence electrons. The molecule has 0 saturated heterocycles. The normalized spacial score (nSPS) is 10.1. The largest absolute Gasteiger partial charge is 0.390 e. The van der Waals surface area contributed by atoms with Crippen molar-refractivity contribution in [1.82, 2.24) is 4.98 Å². The SMILES string of the molecule is Cc1c(Br)c[nH]c1CO. The molecule has 0 atom stereocenters. The maximum atomic E-state index is 8.68. The highest BCUT2D eigenvalue weighted by molar-refractivity contribution is 9.10. The molecule has 0 amide bonds. The maximum Gasteiger partial charge on any atom is 0.0833 e. The van der Waals surface area contributed by atoms with E-state index >= 15 is 0 Å². The van der Waals surface area contributed by atoms with Crippen molar-refractivity contribution in [2.24, 2.45) is 0 Å². The number of aliphatic hydroxyl groups excluding tert-OH is 1. The predicted molar refractivity (Wildman–Crippen MR) is 39.2 cm³/mol. The summed E-state index contributed by atoms with van der Waals surface area (Å²) in [6.45, 7) is 2.03. The molecule has 0 aliphatic heterocycles. The summed E-state index contributed by atoms with van der Waals surface area (Å²) in [5.41, 5.74) is 1.96. The zero-order valence-electron chi connectivity index (χ0n) is 5.11. The Bertz CT molecular complexity index is 207. The second-order valence-electron chi connectivity index (χ2n) is 1.90. The van der Waals surface area contributed by atoms with Gasteiger partial charge in [0.15, 0.2) is 0 Å². The van der Waals surface area contributed by atoms with E-state index in [1.165, 1.54) is 0 Å². The summed E-state index contributed by atoms with van der Waals surface area (Å²) in [6, 6.07) is 0. The summed E-state index contributed by atoms with van der Waals surface area (Å²) in [5.74, 6) is 0. The molecule has 1 heterocycles. The van der Waals surface area contributed by atoms with Crippen molar-refractivity contribution >= 4 is 15.9 Å². The van der Waals surface area contributed by atoms with Gasteiger partial charge in [-0.25, -0.2) is 0 Å².